The molecule has 0 radical (unpaired) electrons. The second-order valence-electron chi connectivity index (χ2n) is 4.58. The molecule has 0 heterocycles. The van der Waals surface area contributed by atoms with Crippen molar-refractivity contribution >= 4 is 21.7 Å². The highest BCUT2D eigenvalue weighted by molar-refractivity contribution is 7.94. The highest BCUT2D eigenvalue weighted by atomic mass is 32.2. The molecule has 0 fully saturated rings. The van der Waals surface area contributed by atoms with Crippen molar-refractivity contribution in [3.63, 3.8) is 0 Å². The number of hydrogen-bond acceptors (Lipinski definition) is 4. The van der Waals surface area contributed by atoms with Crippen molar-refractivity contribution in [1.29, 1.82) is 0 Å². The predicted molar refractivity (Wildman–Crippen MR) is 77.2 cm³/mol. The van der Waals surface area contributed by atoms with E-state index < -0.39 is 33.7 Å². The zero-order valence-electron chi connectivity index (χ0n) is 11.7. The molecule has 0 bridgehead atoms. The zero-order valence-corrected chi connectivity index (χ0v) is 12.5. The van der Waals surface area contributed by atoms with Gasteiger partial charge < -0.3 is 10.4 Å². The van der Waals surface area contributed by atoms with Crippen molar-refractivity contribution in [1.82, 2.24) is 5.32 Å². The van der Waals surface area contributed by atoms with E-state index in [-0.39, 0.29) is 4.90 Å². The minimum absolute atomic E-state index is 0.0843. The van der Waals surface area contributed by atoms with Gasteiger partial charge in [0, 0.05) is 17.5 Å². The molecule has 1 aromatic carbocycles. The van der Waals surface area contributed by atoms with Gasteiger partial charge in [-0.25, -0.2) is 8.42 Å². The molecule has 0 aromatic heterocycles. The molecule has 6 nitrogen and oxygen atoms in total. The van der Waals surface area contributed by atoms with E-state index in [4.69, 9.17) is 5.11 Å². The van der Waals surface area contributed by atoms with Gasteiger partial charge in [-0.2, -0.15) is 0 Å². The lowest BCUT2D eigenvalue weighted by Gasteiger charge is -2.16. The van der Waals surface area contributed by atoms with Gasteiger partial charge >= 0.3 is 5.97 Å². The molecule has 0 aliphatic heterocycles. The van der Waals surface area contributed by atoms with Crippen molar-refractivity contribution < 1.29 is 23.1 Å². The maximum absolute atomic E-state index is 11.9. The Balaban J connectivity index is 2.73. The van der Waals surface area contributed by atoms with Gasteiger partial charge in [0.25, 0.3) is 0 Å². The minimum atomic E-state index is -3.69. The molecule has 0 saturated carbocycles. The van der Waals surface area contributed by atoms with E-state index in [9.17, 15) is 18.0 Å². The number of rotatable bonds is 6. The van der Waals surface area contributed by atoms with Crippen LogP contribution in [0.4, 0.5) is 0 Å². The Morgan fingerprint density at radius 1 is 1.19 bits per heavy atom. The molecule has 1 amide bonds. The SMILES string of the molecule is CC(NC(=O)/C=C/S(=O)(=O)c1ccccc1)C(C)C(=O)O. The largest absolute Gasteiger partial charge is 0.481 e. The van der Waals surface area contributed by atoms with Gasteiger partial charge in [-0.05, 0) is 26.0 Å². The van der Waals surface area contributed by atoms with Crippen LogP contribution in [0.5, 0.6) is 0 Å². The van der Waals surface area contributed by atoms with Gasteiger partial charge in [0.1, 0.15) is 0 Å². The molecule has 0 aliphatic rings. The number of hydrogen-bond donors (Lipinski definition) is 2. The van der Waals surface area contributed by atoms with E-state index in [1.54, 1.807) is 18.2 Å². The van der Waals surface area contributed by atoms with Crippen LogP contribution in [-0.2, 0) is 19.4 Å². The van der Waals surface area contributed by atoms with Crippen LogP contribution < -0.4 is 5.32 Å². The Hall–Kier alpha value is -2.15. The number of amides is 1. The lowest BCUT2D eigenvalue weighted by atomic mass is 10.0. The van der Waals surface area contributed by atoms with Crippen molar-refractivity contribution in [2.75, 3.05) is 0 Å². The normalized spacial score (nSPS) is 14.6. The first-order chi connectivity index (χ1) is 9.74. The number of benzene rings is 1. The Kier molecular flexibility index (Phi) is 5.66. The fraction of sp³-hybridized carbons (Fsp3) is 0.286. The summed E-state index contributed by atoms with van der Waals surface area (Å²) in [5.74, 6) is -2.47. The number of carbonyl (C=O) groups is 2. The smallest absolute Gasteiger partial charge is 0.308 e. The molecule has 2 N–H and O–H groups in total. The van der Waals surface area contributed by atoms with Crippen LogP contribution >= 0.6 is 0 Å². The average Bonchev–Trinajstić information content (AvgIpc) is 2.45. The standard InChI is InChI=1S/C14H17NO5S/c1-10(14(17)18)11(2)15-13(16)8-9-21(19,20)12-6-4-3-5-7-12/h3-11H,1-2H3,(H,15,16)(H,17,18)/b9-8+. The van der Waals surface area contributed by atoms with E-state index in [1.165, 1.54) is 26.0 Å². The van der Waals surface area contributed by atoms with Gasteiger partial charge in [-0.3, -0.25) is 9.59 Å². The molecule has 21 heavy (non-hydrogen) atoms. The molecular weight excluding hydrogens is 294 g/mol. The molecule has 0 saturated heterocycles. The highest BCUT2D eigenvalue weighted by Gasteiger charge is 2.20. The van der Waals surface area contributed by atoms with Crippen molar-refractivity contribution in [2.24, 2.45) is 5.92 Å². The molecular formula is C14H17NO5S. The summed E-state index contributed by atoms with van der Waals surface area (Å²) in [4.78, 5) is 22.4. The fourth-order valence-corrected chi connectivity index (χ4v) is 2.45. The molecule has 7 heteroatoms. The fourth-order valence-electron chi connectivity index (χ4n) is 1.45. The molecule has 2 atom stereocenters. The van der Waals surface area contributed by atoms with Gasteiger partial charge in [-0.1, -0.05) is 18.2 Å². The van der Waals surface area contributed by atoms with Crippen LogP contribution in [-0.4, -0.2) is 31.4 Å². The maximum Gasteiger partial charge on any atom is 0.308 e. The summed E-state index contributed by atoms with van der Waals surface area (Å²) in [6.07, 6.45) is 0.882. The Morgan fingerprint density at radius 2 is 1.76 bits per heavy atom. The van der Waals surface area contributed by atoms with Gasteiger partial charge in [0.05, 0.1) is 10.8 Å². The van der Waals surface area contributed by atoms with E-state index in [2.05, 4.69) is 5.32 Å². The summed E-state index contributed by atoms with van der Waals surface area (Å²) in [6, 6.07) is 7.08. The molecule has 2 unspecified atom stereocenters. The van der Waals surface area contributed by atoms with E-state index in [0.29, 0.717) is 0 Å². The van der Waals surface area contributed by atoms with Crippen molar-refractivity contribution in [3.05, 3.63) is 41.8 Å². The van der Waals surface area contributed by atoms with Gasteiger partial charge in [0.15, 0.2) is 9.84 Å². The predicted octanol–water partition coefficient (Wildman–Crippen LogP) is 1.20. The van der Waals surface area contributed by atoms with E-state index >= 15 is 0 Å². The van der Waals surface area contributed by atoms with Crippen LogP contribution in [0.1, 0.15) is 13.8 Å². The monoisotopic (exact) mass is 311 g/mol. The molecule has 1 rings (SSSR count). The Labute approximate surface area is 123 Å². The quantitative estimate of drug-likeness (QED) is 0.769. The summed E-state index contributed by atoms with van der Waals surface area (Å²) in [7, 11) is -3.69. The third-order valence-corrected chi connectivity index (χ3v) is 4.40. The first kappa shape index (κ1) is 16.9. The lowest BCUT2D eigenvalue weighted by molar-refractivity contribution is -0.142. The number of sulfone groups is 1. The minimum Gasteiger partial charge on any atom is -0.481 e. The topological polar surface area (TPSA) is 101 Å². The van der Waals surface area contributed by atoms with E-state index in [0.717, 1.165) is 11.5 Å². The molecule has 114 valence electrons. The molecule has 1 aromatic rings. The van der Waals surface area contributed by atoms with Crippen molar-refractivity contribution in [2.45, 2.75) is 24.8 Å². The number of aliphatic carboxylic acids is 1. The first-order valence-electron chi connectivity index (χ1n) is 6.25. The molecule has 0 aliphatic carbocycles. The number of carboxylic acids is 1. The average molecular weight is 311 g/mol. The second kappa shape index (κ2) is 7.03. The van der Waals surface area contributed by atoms with Crippen molar-refractivity contribution in [3.8, 4) is 0 Å². The third-order valence-electron chi connectivity index (χ3n) is 2.98. The third kappa shape index (κ3) is 5.03. The number of nitrogens with one attached hydrogen (secondary N) is 1. The Morgan fingerprint density at radius 3 is 2.29 bits per heavy atom. The van der Waals surface area contributed by atoms with Crippen LogP contribution in [0.3, 0.4) is 0 Å². The van der Waals surface area contributed by atoms with Gasteiger partial charge in [-0.15, -0.1) is 0 Å². The second-order valence-corrected chi connectivity index (χ2v) is 6.42. The highest BCUT2D eigenvalue weighted by Crippen LogP contribution is 2.11. The summed E-state index contributed by atoms with van der Waals surface area (Å²) in [5, 5.41) is 12.0. The first-order valence-corrected chi connectivity index (χ1v) is 7.80. The Bertz CT molecular complexity index is 637. The summed E-state index contributed by atoms with van der Waals surface area (Å²) < 4.78 is 23.8. The van der Waals surface area contributed by atoms with Crippen LogP contribution in [0.2, 0.25) is 0 Å². The molecule has 0 spiro atoms. The number of carbonyl (C=O) groups excluding carboxylic acids is 1. The van der Waals surface area contributed by atoms with Crippen LogP contribution in [0.25, 0.3) is 0 Å². The lowest BCUT2D eigenvalue weighted by Crippen LogP contribution is -2.39. The van der Waals surface area contributed by atoms with Crippen LogP contribution in [0, 0.1) is 5.92 Å². The van der Waals surface area contributed by atoms with Crippen LogP contribution in [0.15, 0.2) is 46.7 Å². The summed E-state index contributed by atoms with van der Waals surface area (Å²) in [6.45, 7) is 2.99. The summed E-state index contributed by atoms with van der Waals surface area (Å²) in [5.41, 5.74) is 0. The van der Waals surface area contributed by atoms with E-state index in [1.807, 2.05) is 0 Å². The maximum atomic E-state index is 11.9. The number of carboxylic acid groups (broad SMARTS) is 1. The van der Waals surface area contributed by atoms with Gasteiger partial charge in [0.2, 0.25) is 5.91 Å². The summed E-state index contributed by atoms with van der Waals surface area (Å²) >= 11 is 0. The zero-order chi connectivity index (χ0) is 16.0.